The molecular formula is C28H25FN4O2. The largest absolute Gasteiger partial charge is 0.354 e. The predicted molar refractivity (Wildman–Crippen MR) is 135 cm³/mol. The molecule has 0 bridgehead atoms. The third-order valence-corrected chi connectivity index (χ3v) is 6.29. The standard InChI is InChI=1S/C28H25FN4O2/c1-19(21-7-3-2-4-8-21)15-30-26(34)18-33-28(35)27-24(16-31-33)23-9-5-6-10-25(23)32(27)17-20-11-13-22(29)14-12-20/h2-14,16,19H,15,17-18H2,1H3,(H,30,34)/t19-/m0/s1. The summed E-state index contributed by atoms with van der Waals surface area (Å²) < 4.78 is 16.5. The van der Waals surface area contributed by atoms with Gasteiger partial charge >= 0.3 is 0 Å². The number of halogens is 1. The highest BCUT2D eigenvalue weighted by molar-refractivity contribution is 6.07. The summed E-state index contributed by atoms with van der Waals surface area (Å²) >= 11 is 0. The van der Waals surface area contributed by atoms with Crippen LogP contribution in [0.3, 0.4) is 0 Å². The molecule has 0 saturated carbocycles. The van der Waals surface area contributed by atoms with Gasteiger partial charge in [0.2, 0.25) is 5.91 Å². The first-order valence-corrected chi connectivity index (χ1v) is 11.5. The van der Waals surface area contributed by atoms with Crippen molar-refractivity contribution in [3.63, 3.8) is 0 Å². The number of nitrogens with one attached hydrogen (secondary N) is 1. The number of carbonyl (C=O) groups excluding carboxylic acids is 1. The van der Waals surface area contributed by atoms with Crippen LogP contribution in [0.25, 0.3) is 21.8 Å². The first-order chi connectivity index (χ1) is 17.0. The molecule has 0 radical (unpaired) electrons. The molecule has 6 nitrogen and oxygen atoms in total. The summed E-state index contributed by atoms with van der Waals surface area (Å²) in [6.07, 6.45) is 1.64. The summed E-state index contributed by atoms with van der Waals surface area (Å²) in [7, 11) is 0. The van der Waals surface area contributed by atoms with E-state index in [1.165, 1.54) is 16.8 Å². The van der Waals surface area contributed by atoms with Crippen molar-refractivity contribution in [2.24, 2.45) is 0 Å². The second-order valence-electron chi connectivity index (χ2n) is 8.72. The lowest BCUT2D eigenvalue weighted by Gasteiger charge is -2.13. The zero-order valence-corrected chi connectivity index (χ0v) is 19.3. The lowest BCUT2D eigenvalue weighted by molar-refractivity contribution is -0.121. The predicted octanol–water partition coefficient (Wildman–Crippen LogP) is 4.46. The van der Waals surface area contributed by atoms with Crippen LogP contribution in [0, 0.1) is 5.82 Å². The third kappa shape index (κ3) is 4.57. The van der Waals surface area contributed by atoms with Gasteiger partial charge < -0.3 is 9.88 Å². The van der Waals surface area contributed by atoms with E-state index in [1.54, 1.807) is 18.3 Å². The second kappa shape index (κ2) is 9.54. The fourth-order valence-electron chi connectivity index (χ4n) is 4.40. The van der Waals surface area contributed by atoms with E-state index in [0.717, 1.165) is 27.4 Å². The maximum Gasteiger partial charge on any atom is 0.291 e. The highest BCUT2D eigenvalue weighted by Crippen LogP contribution is 2.27. The molecule has 0 aliphatic rings. The number of fused-ring (bicyclic) bond motifs is 3. The van der Waals surface area contributed by atoms with Gasteiger partial charge in [-0.2, -0.15) is 5.10 Å². The second-order valence-corrected chi connectivity index (χ2v) is 8.72. The van der Waals surface area contributed by atoms with Gasteiger partial charge in [-0.15, -0.1) is 0 Å². The molecule has 0 fully saturated rings. The van der Waals surface area contributed by atoms with Crippen molar-refractivity contribution in [3.8, 4) is 0 Å². The Balaban J connectivity index is 1.44. The molecule has 3 aromatic carbocycles. The van der Waals surface area contributed by atoms with Gasteiger partial charge in [0.15, 0.2) is 0 Å². The Bertz CT molecular complexity index is 1560. The SMILES string of the molecule is C[C@@H](CNC(=O)Cn1ncc2c3ccccc3n(Cc3ccc(F)cc3)c2c1=O)c1ccccc1. The van der Waals surface area contributed by atoms with Crippen molar-refractivity contribution in [1.29, 1.82) is 0 Å². The summed E-state index contributed by atoms with van der Waals surface area (Å²) in [5.74, 6) is -0.441. The molecule has 0 unspecified atom stereocenters. The Morgan fingerprint density at radius 3 is 2.46 bits per heavy atom. The molecule has 35 heavy (non-hydrogen) atoms. The van der Waals surface area contributed by atoms with Crippen LogP contribution in [0.1, 0.15) is 24.0 Å². The van der Waals surface area contributed by atoms with Gasteiger partial charge in [-0.3, -0.25) is 9.59 Å². The fourth-order valence-corrected chi connectivity index (χ4v) is 4.40. The van der Waals surface area contributed by atoms with Crippen LogP contribution in [0.2, 0.25) is 0 Å². The molecule has 2 heterocycles. The van der Waals surface area contributed by atoms with Crippen molar-refractivity contribution < 1.29 is 9.18 Å². The van der Waals surface area contributed by atoms with Crippen molar-refractivity contribution in [2.75, 3.05) is 6.54 Å². The number of hydrogen-bond donors (Lipinski definition) is 1. The Hall–Kier alpha value is -4.26. The molecule has 0 spiro atoms. The van der Waals surface area contributed by atoms with Gasteiger partial charge in [-0.05, 0) is 35.2 Å². The van der Waals surface area contributed by atoms with Crippen molar-refractivity contribution in [1.82, 2.24) is 19.7 Å². The van der Waals surface area contributed by atoms with E-state index >= 15 is 0 Å². The summed E-state index contributed by atoms with van der Waals surface area (Å²) in [5.41, 5.74) is 3.01. The average Bonchev–Trinajstić information content (AvgIpc) is 3.20. The monoisotopic (exact) mass is 468 g/mol. The Labute approximate surface area is 201 Å². The first-order valence-electron chi connectivity index (χ1n) is 11.5. The van der Waals surface area contributed by atoms with E-state index in [-0.39, 0.29) is 29.7 Å². The van der Waals surface area contributed by atoms with Gasteiger partial charge in [-0.1, -0.05) is 67.6 Å². The number of rotatable bonds is 7. The molecule has 1 atom stereocenters. The van der Waals surface area contributed by atoms with Crippen molar-refractivity contribution >= 4 is 27.7 Å². The molecule has 0 aliphatic carbocycles. The number of para-hydroxylation sites is 1. The smallest absolute Gasteiger partial charge is 0.291 e. The fraction of sp³-hybridized carbons (Fsp3) is 0.179. The molecule has 0 saturated heterocycles. The molecular weight excluding hydrogens is 443 g/mol. The van der Waals surface area contributed by atoms with E-state index in [4.69, 9.17) is 0 Å². The van der Waals surface area contributed by atoms with Gasteiger partial charge in [-0.25, -0.2) is 9.07 Å². The highest BCUT2D eigenvalue weighted by Gasteiger charge is 2.17. The van der Waals surface area contributed by atoms with Crippen LogP contribution in [0.4, 0.5) is 4.39 Å². The minimum absolute atomic E-state index is 0.144. The number of carbonyl (C=O) groups is 1. The van der Waals surface area contributed by atoms with Crippen LogP contribution in [0.5, 0.6) is 0 Å². The maximum absolute atomic E-state index is 13.5. The van der Waals surface area contributed by atoms with Crippen LogP contribution in [-0.4, -0.2) is 26.8 Å². The highest BCUT2D eigenvalue weighted by atomic mass is 19.1. The van der Waals surface area contributed by atoms with Gasteiger partial charge in [0.1, 0.15) is 17.9 Å². The Kier molecular flexibility index (Phi) is 6.14. The Morgan fingerprint density at radius 2 is 1.69 bits per heavy atom. The van der Waals surface area contributed by atoms with E-state index in [2.05, 4.69) is 10.4 Å². The van der Waals surface area contributed by atoms with Crippen LogP contribution in [0.15, 0.2) is 89.9 Å². The number of aromatic nitrogens is 3. The minimum Gasteiger partial charge on any atom is -0.354 e. The Morgan fingerprint density at radius 1 is 0.971 bits per heavy atom. The zero-order chi connectivity index (χ0) is 24.4. The van der Waals surface area contributed by atoms with E-state index in [9.17, 15) is 14.0 Å². The molecule has 0 aliphatic heterocycles. The van der Waals surface area contributed by atoms with E-state index in [0.29, 0.717) is 18.6 Å². The molecule has 5 aromatic rings. The van der Waals surface area contributed by atoms with Crippen LogP contribution < -0.4 is 10.9 Å². The zero-order valence-electron chi connectivity index (χ0n) is 19.3. The first kappa shape index (κ1) is 22.5. The number of nitrogens with zero attached hydrogens (tertiary/aromatic N) is 3. The lowest BCUT2D eigenvalue weighted by Crippen LogP contribution is -2.35. The van der Waals surface area contributed by atoms with Crippen LogP contribution >= 0.6 is 0 Å². The lowest BCUT2D eigenvalue weighted by atomic mass is 10.0. The van der Waals surface area contributed by atoms with Gasteiger partial charge in [0.25, 0.3) is 5.56 Å². The quantitative estimate of drug-likeness (QED) is 0.384. The summed E-state index contributed by atoms with van der Waals surface area (Å²) in [4.78, 5) is 26.2. The summed E-state index contributed by atoms with van der Waals surface area (Å²) in [5, 5.41) is 8.83. The number of hydrogen-bond acceptors (Lipinski definition) is 3. The van der Waals surface area contributed by atoms with E-state index < -0.39 is 0 Å². The normalized spacial score (nSPS) is 12.2. The maximum atomic E-state index is 13.5. The molecule has 2 aromatic heterocycles. The van der Waals surface area contributed by atoms with Gasteiger partial charge in [0, 0.05) is 29.4 Å². The minimum atomic E-state index is -0.341. The molecule has 1 amide bonds. The van der Waals surface area contributed by atoms with Crippen molar-refractivity contribution in [3.05, 3.63) is 112 Å². The average molecular weight is 469 g/mol. The summed E-state index contributed by atoms with van der Waals surface area (Å²) in [6, 6.07) is 23.9. The molecule has 1 N–H and O–H groups in total. The molecule has 7 heteroatoms. The molecule has 5 rings (SSSR count). The number of amides is 1. The number of benzene rings is 3. The van der Waals surface area contributed by atoms with Crippen molar-refractivity contribution in [2.45, 2.75) is 25.9 Å². The van der Waals surface area contributed by atoms with Gasteiger partial charge in [0.05, 0.1) is 6.20 Å². The topological polar surface area (TPSA) is 68.9 Å². The van der Waals surface area contributed by atoms with E-state index in [1.807, 2.05) is 66.1 Å². The summed E-state index contributed by atoms with van der Waals surface area (Å²) in [6.45, 7) is 2.73. The molecule has 176 valence electrons. The third-order valence-electron chi connectivity index (χ3n) is 6.29. The van der Waals surface area contributed by atoms with Crippen LogP contribution in [-0.2, 0) is 17.9 Å².